The molecule has 0 spiro atoms. The van der Waals surface area contributed by atoms with E-state index in [9.17, 15) is 4.79 Å². The van der Waals surface area contributed by atoms with Crippen LogP contribution in [-0.2, 0) is 11.2 Å². The predicted octanol–water partition coefficient (Wildman–Crippen LogP) is 5.77. The van der Waals surface area contributed by atoms with Crippen molar-refractivity contribution in [2.24, 2.45) is 0 Å². The van der Waals surface area contributed by atoms with Crippen molar-refractivity contribution in [3.8, 4) is 11.1 Å². The molecule has 4 rings (SSSR count). The SMILES string of the molecule is CCc1ccc(N)c(C=CCCNC(=O)OCC2c3ccccc3-c3ccccc32)c1. The van der Waals surface area contributed by atoms with Gasteiger partial charge in [-0.2, -0.15) is 0 Å². The fraction of sp³-hybridized carbons (Fsp3) is 0.222. The van der Waals surface area contributed by atoms with Gasteiger partial charge in [-0.15, -0.1) is 0 Å². The smallest absolute Gasteiger partial charge is 0.407 e. The number of hydrogen-bond acceptors (Lipinski definition) is 3. The number of amides is 1. The zero-order valence-corrected chi connectivity index (χ0v) is 17.8. The molecule has 0 atom stereocenters. The first-order chi connectivity index (χ1) is 15.2. The van der Waals surface area contributed by atoms with Crippen molar-refractivity contribution in [2.45, 2.75) is 25.7 Å². The van der Waals surface area contributed by atoms with Crippen molar-refractivity contribution in [1.82, 2.24) is 5.32 Å². The minimum Gasteiger partial charge on any atom is -0.449 e. The highest BCUT2D eigenvalue weighted by Gasteiger charge is 2.28. The molecule has 3 N–H and O–H groups in total. The number of hydrogen-bond donors (Lipinski definition) is 2. The van der Waals surface area contributed by atoms with Gasteiger partial charge in [-0.25, -0.2) is 4.79 Å². The molecular weight excluding hydrogens is 384 g/mol. The van der Waals surface area contributed by atoms with Gasteiger partial charge < -0.3 is 15.8 Å². The molecular formula is C27H28N2O2. The van der Waals surface area contributed by atoms with Crippen LogP contribution in [0.25, 0.3) is 17.2 Å². The highest BCUT2D eigenvalue weighted by Crippen LogP contribution is 2.44. The number of carbonyl (C=O) groups excluding carboxylic acids is 1. The molecule has 1 aliphatic rings. The Bertz CT molecular complexity index is 1060. The summed E-state index contributed by atoms with van der Waals surface area (Å²) in [5, 5.41) is 2.83. The number of nitrogen functional groups attached to an aromatic ring is 1. The van der Waals surface area contributed by atoms with E-state index in [1.54, 1.807) is 0 Å². The van der Waals surface area contributed by atoms with Crippen molar-refractivity contribution >= 4 is 17.9 Å². The van der Waals surface area contributed by atoms with Crippen LogP contribution in [0.4, 0.5) is 10.5 Å². The van der Waals surface area contributed by atoms with Gasteiger partial charge in [0, 0.05) is 18.2 Å². The van der Waals surface area contributed by atoms with Crippen molar-refractivity contribution in [3.63, 3.8) is 0 Å². The van der Waals surface area contributed by atoms with Gasteiger partial charge in [0.25, 0.3) is 0 Å². The summed E-state index contributed by atoms with van der Waals surface area (Å²) in [4.78, 5) is 12.2. The van der Waals surface area contributed by atoms with Crippen LogP contribution in [0.5, 0.6) is 0 Å². The van der Waals surface area contributed by atoms with E-state index in [4.69, 9.17) is 10.5 Å². The molecule has 0 aliphatic heterocycles. The van der Waals surface area contributed by atoms with Crippen LogP contribution < -0.4 is 11.1 Å². The Labute approximate surface area is 183 Å². The summed E-state index contributed by atoms with van der Waals surface area (Å²) in [5.74, 6) is 0.0758. The summed E-state index contributed by atoms with van der Waals surface area (Å²) in [6.07, 6.45) is 5.33. The Kier molecular flexibility index (Phi) is 6.37. The lowest BCUT2D eigenvalue weighted by Gasteiger charge is -2.14. The van der Waals surface area contributed by atoms with E-state index < -0.39 is 0 Å². The number of fused-ring (bicyclic) bond motifs is 3. The zero-order chi connectivity index (χ0) is 21.6. The number of nitrogens with one attached hydrogen (secondary N) is 1. The maximum absolute atomic E-state index is 12.2. The molecule has 0 unspecified atom stereocenters. The number of carbonyl (C=O) groups is 1. The second kappa shape index (κ2) is 9.52. The molecule has 31 heavy (non-hydrogen) atoms. The number of rotatable bonds is 7. The summed E-state index contributed by atoms with van der Waals surface area (Å²) in [6.45, 7) is 2.97. The lowest BCUT2D eigenvalue weighted by atomic mass is 9.98. The Hall–Kier alpha value is -3.53. The quantitative estimate of drug-likeness (QED) is 0.382. The van der Waals surface area contributed by atoms with Gasteiger partial charge in [-0.3, -0.25) is 0 Å². The molecule has 4 nitrogen and oxygen atoms in total. The molecule has 0 saturated carbocycles. The molecule has 1 aliphatic carbocycles. The fourth-order valence-electron chi connectivity index (χ4n) is 4.11. The average molecular weight is 413 g/mol. The van der Waals surface area contributed by atoms with Crippen molar-refractivity contribution in [2.75, 3.05) is 18.9 Å². The molecule has 0 aromatic heterocycles. The van der Waals surface area contributed by atoms with Crippen LogP contribution in [0.1, 0.15) is 41.5 Å². The highest BCUT2D eigenvalue weighted by molar-refractivity contribution is 5.79. The topological polar surface area (TPSA) is 64.3 Å². The van der Waals surface area contributed by atoms with Crippen LogP contribution >= 0.6 is 0 Å². The van der Waals surface area contributed by atoms with Gasteiger partial charge in [0.15, 0.2) is 0 Å². The second-order valence-electron chi connectivity index (χ2n) is 7.76. The summed E-state index contributed by atoms with van der Waals surface area (Å²) in [7, 11) is 0. The van der Waals surface area contributed by atoms with Crippen molar-refractivity contribution in [1.29, 1.82) is 0 Å². The summed E-state index contributed by atoms with van der Waals surface area (Å²) < 4.78 is 5.56. The van der Waals surface area contributed by atoms with Crippen LogP contribution in [0.15, 0.2) is 72.8 Å². The first kappa shape index (κ1) is 20.7. The maximum Gasteiger partial charge on any atom is 0.407 e. The number of nitrogens with two attached hydrogens (primary N) is 1. The molecule has 158 valence electrons. The molecule has 0 heterocycles. The van der Waals surface area contributed by atoms with E-state index in [0.29, 0.717) is 19.6 Å². The average Bonchev–Trinajstić information content (AvgIpc) is 3.12. The Morgan fingerprint density at radius 1 is 1.03 bits per heavy atom. The fourth-order valence-corrected chi connectivity index (χ4v) is 4.11. The van der Waals surface area contributed by atoms with E-state index in [1.807, 2.05) is 48.6 Å². The number of aryl methyl sites for hydroxylation is 1. The normalized spacial score (nSPS) is 12.5. The third-order valence-corrected chi connectivity index (χ3v) is 5.78. The van der Waals surface area contributed by atoms with Gasteiger partial charge in [0.1, 0.15) is 6.61 Å². The number of ether oxygens (including phenoxy) is 1. The standard InChI is InChI=1S/C27H28N2O2/c1-2-19-14-15-26(28)20(17-19)9-7-8-16-29-27(30)31-18-25-23-12-5-3-10-21(23)22-11-4-6-13-24(22)25/h3-7,9-15,17,25H,2,8,16,18,28H2,1H3,(H,29,30). The van der Waals surface area contributed by atoms with Crippen molar-refractivity contribution in [3.05, 3.63) is 95.1 Å². The third-order valence-electron chi connectivity index (χ3n) is 5.78. The van der Waals surface area contributed by atoms with Crippen molar-refractivity contribution < 1.29 is 9.53 Å². The molecule has 1 amide bonds. The second-order valence-corrected chi connectivity index (χ2v) is 7.76. The Balaban J connectivity index is 1.28. The minimum absolute atomic E-state index is 0.0758. The monoisotopic (exact) mass is 412 g/mol. The molecule has 3 aromatic rings. The Morgan fingerprint density at radius 2 is 1.71 bits per heavy atom. The molecule has 0 radical (unpaired) electrons. The molecule has 0 saturated heterocycles. The van der Waals surface area contributed by atoms with Gasteiger partial charge >= 0.3 is 6.09 Å². The van der Waals surface area contributed by atoms with E-state index in [0.717, 1.165) is 17.7 Å². The van der Waals surface area contributed by atoms with Crippen LogP contribution in [0, 0.1) is 0 Å². The summed E-state index contributed by atoms with van der Waals surface area (Å²) in [6, 6.07) is 22.7. The lowest BCUT2D eigenvalue weighted by molar-refractivity contribution is 0.143. The zero-order valence-electron chi connectivity index (χ0n) is 17.8. The molecule has 0 bridgehead atoms. The first-order valence-corrected chi connectivity index (χ1v) is 10.8. The van der Waals surface area contributed by atoms with E-state index in [1.165, 1.54) is 27.8 Å². The van der Waals surface area contributed by atoms with Gasteiger partial charge in [-0.1, -0.05) is 73.7 Å². The largest absolute Gasteiger partial charge is 0.449 e. The molecule has 0 fully saturated rings. The van der Waals surface area contributed by atoms with E-state index >= 15 is 0 Å². The number of alkyl carbamates (subject to hydrolysis) is 1. The molecule has 3 aromatic carbocycles. The van der Waals surface area contributed by atoms with Crippen LogP contribution in [-0.4, -0.2) is 19.2 Å². The van der Waals surface area contributed by atoms with Crippen LogP contribution in [0.2, 0.25) is 0 Å². The third kappa shape index (κ3) is 4.64. The minimum atomic E-state index is -0.386. The van der Waals surface area contributed by atoms with Gasteiger partial charge in [0.05, 0.1) is 0 Å². The summed E-state index contributed by atoms with van der Waals surface area (Å²) in [5.41, 5.74) is 13.9. The van der Waals surface area contributed by atoms with Crippen LogP contribution in [0.3, 0.4) is 0 Å². The van der Waals surface area contributed by atoms with Gasteiger partial charge in [0.2, 0.25) is 0 Å². The van der Waals surface area contributed by atoms with Gasteiger partial charge in [-0.05, 0) is 58.4 Å². The highest BCUT2D eigenvalue weighted by atomic mass is 16.5. The lowest BCUT2D eigenvalue weighted by Crippen LogP contribution is -2.26. The Morgan fingerprint density at radius 3 is 2.39 bits per heavy atom. The summed E-state index contributed by atoms with van der Waals surface area (Å²) >= 11 is 0. The van der Waals surface area contributed by atoms with E-state index in [-0.39, 0.29) is 12.0 Å². The number of anilines is 1. The van der Waals surface area contributed by atoms with E-state index in [2.05, 4.69) is 42.6 Å². The maximum atomic E-state index is 12.2. The predicted molar refractivity (Wildman–Crippen MR) is 127 cm³/mol. The number of benzene rings is 3. The first-order valence-electron chi connectivity index (χ1n) is 10.8. The molecule has 4 heteroatoms.